The molecule has 1 atom stereocenters. The van der Waals surface area contributed by atoms with E-state index in [4.69, 9.17) is 5.73 Å². The molecule has 7 heteroatoms. The molecule has 1 unspecified atom stereocenters. The third-order valence-electron chi connectivity index (χ3n) is 3.05. The summed E-state index contributed by atoms with van der Waals surface area (Å²) in [6.45, 7) is 2.90. The number of fused-ring (bicyclic) bond motifs is 1. The van der Waals surface area contributed by atoms with Gasteiger partial charge in [-0.1, -0.05) is 0 Å². The lowest BCUT2D eigenvalue weighted by atomic mass is 10.1. The van der Waals surface area contributed by atoms with Crippen LogP contribution in [0.5, 0.6) is 0 Å². The van der Waals surface area contributed by atoms with Gasteiger partial charge in [-0.05, 0) is 30.4 Å². The van der Waals surface area contributed by atoms with Gasteiger partial charge in [-0.2, -0.15) is 4.98 Å². The fraction of sp³-hybridized carbons (Fsp3) is 0.364. The molecule has 1 amide bonds. The molecule has 1 aliphatic heterocycles. The minimum Gasteiger partial charge on any atom is -0.363 e. The molecule has 0 bridgehead atoms. The molecule has 0 aromatic carbocycles. The number of carbonyl (C=O) groups is 1. The number of amides is 1. The monoisotopic (exact) mass is 263 g/mol. The Morgan fingerprint density at radius 3 is 3.17 bits per heavy atom. The van der Waals surface area contributed by atoms with Crippen LogP contribution in [0, 0.1) is 6.92 Å². The smallest absolute Gasteiger partial charge is 0.288 e. The largest absolute Gasteiger partial charge is 0.363 e. The minimum absolute atomic E-state index is 0.0682. The zero-order valence-electron chi connectivity index (χ0n) is 9.88. The molecule has 0 aliphatic carbocycles. The van der Waals surface area contributed by atoms with Gasteiger partial charge in [0.1, 0.15) is 0 Å². The normalized spacial score (nSPS) is 18.2. The maximum atomic E-state index is 11.1. The molecule has 2 aromatic heterocycles. The Morgan fingerprint density at radius 1 is 1.67 bits per heavy atom. The van der Waals surface area contributed by atoms with E-state index in [2.05, 4.69) is 33.8 Å². The van der Waals surface area contributed by atoms with Crippen LogP contribution in [-0.4, -0.2) is 27.2 Å². The first-order valence-corrected chi connectivity index (χ1v) is 6.59. The van der Waals surface area contributed by atoms with Crippen LogP contribution in [0.1, 0.15) is 33.5 Å². The quantitative estimate of drug-likeness (QED) is 0.851. The average Bonchev–Trinajstić information content (AvgIpc) is 2.94. The van der Waals surface area contributed by atoms with E-state index in [-0.39, 0.29) is 11.9 Å². The van der Waals surface area contributed by atoms with Gasteiger partial charge in [0.05, 0.1) is 6.04 Å². The van der Waals surface area contributed by atoms with E-state index in [1.807, 2.05) is 0 Å². The van der Waals surface area contributed by atoms with E-state index < -0.39 is 5.91 Å². The molecule has 6 nitrogen and oxygen atoms in total. The predicted octanol–water partition coefficient (Wildman–Crippen LogP) is 1.15. The topological polar surface area (TPSA) is 85.8 Å². The van der Waals surface area contributed by atoms with Gasteiger partial charge in [-0.25, -0.2) is 4.68 Å². The highest BCUT2D eigenvalue weighted by molar-refractivity contribution is 7.10. The Labute approximate surface area is 108 Å². The molecule has 3 rings (SSSR count). The molecule has 94 valence electrons. The summed E-state index contributed by atoms with van der Waals surface area (Å²) >= 11 is 1.70. The van der Waals surface area contributed by atoms with E-state index >= 15 is 0 Å². The van der Waals surface area contributed by atoms with Crippen molar-refractivity contribution in [2.24, 2.45) is 5.73 Å². The van der Waals surface area contributed by atoms with E-state index in [1.165, 1.54) is 10.4 Å². The van der Waals surface area contributed by atoms with Crippen molar-refractivity contribution in [2.75, 3.05) is 11.9 Å². The molecule has 2 aromatic rings. The summed E-state index contributed by atoms with van der Waals surface area (Å²) in [7, 11) is 0. The summed E-state index contributed by atoms with van der Waals surface area (Å²) in [6.07, 6.45) is 0.927. The summed E-state index contributed by atoms with van der Waals surface area (Å²) in [5, 5.41) is 9.41. The number of nitrogens with one attached hydrogen (secondary N) is 1. The van der Waals surface area contributed by atoms with Crippen molar-refractivity contribution in [3.05, 3.63) is 27.7 Å². The molecular formula is C11H13N5OS. The second-order valence-corrected chi connectivity index (χ2v) is 5.21. The summed E-state index contributed by atoms with van der Waals surface area (Å²) in [4.78, 5) is 16.5. The standard InChI is InChI=1S/C11H13N5OS/c1-6-3-5-18-8(6)7-2-4-13-11-14-10(9(12)17)15-16(7)11/h3,5,7H,2,4H2,1H3,(H2,12,17)(H,13,14,15). The number of aromatic nitrogens is 3. The zero-order valence-corrected chi connectivity index (χ0v) is 10.7. The lowest BCUT2D eigenvalue weighted by Crippen LogP contribution is -2.24. The Balaban J connectivity index is 2.06. The van der Waals surface area contributed by atoms with Crippen molar-refractivity contribution in [2.45, 2.75) is 19.4 Å². The first-order chi connectivity index (χ1) is 8.66. The van der Waals surface area contributed by atoms with E-state index in [0.717, 1.165) is 13.0 Å². The number of anilines is 1. The van der Waals surface area contributed by atoms with Gasteiger partial charge in [0.15, 0.2) is 0 Å². The van der Waals surface area contributed by atoms with Crippen molar-refractivity contribution in [1.29, 1.82) is 0 Å². The van der Waals surface area contributed by atoms with E-state index in [1.54, 1.807) is 16.0 Å². The molecule has 1 aliphatic rings. The Morgan fingerprint density at radius 2 is 2.50 bits per heavy atom. The molecule has 0 saturated heterocycles. The molecular weight excluding hydrogens is 250 g/mol. The maximum Gasteiger partial charge on any atom is 0.288 e. The Kier molecular flexibility index (Phi) is 2.55. The van der Waals surface area contributed by atoms with Crippen molar-refractivity contribution < 1.29 is 4.79 Å². The first-order valence-electron chi connectivity index (χ1n) is 5.71. The predicted molar refractivity (Wildman–Crippen MR) is 68.8 cm³/mol. The SMILES string of the molecule is Cc1ccsc1C1CCNc2nc(C(N)=O)nn21. The second kappa shape index (κ2) is 4.09. The zero-order chi connectivity index (χ0) is 12.7. The molecule has 18 heavy (non-hydrogen) atoms. The number of hydrogen-bond donors (Lipinski definition) is 2. The van der Waals surface area contributed by atoms with E-state index in [0.29, 0.717) is 5.95 Å². The number of primary amides is 1. The third-order valence-corrected chi connectivity index (χ3v) is 4.17. The minimum atomic E-state index is -0.597. The van der Waals surface area contributed by atoms with Crippen LogP contribution in [0.25, 0.3) is 0 Å². The van der Waals surface area contributed by atoms with Crippen molar-refractivity contribution in [1.82, 2.24) is 14.8 Å². The van der Waals surface area contributed by atoms with Crippen LogP contribution >= 0.6 is 11.3 Å². The number of rotatable bonds is 2. The summed E-state index contributed by atoms with van der Waals surface area (Å²) in [6, 6.07) is 2.23. The summed E-state index contributed by atoms with van der Waals surface area (Å²) in [5.41, 5.74) is 6.46. The lowest BCUT2D eigenvalue weighted by molar-refractivity contribution is 0.0990. The van der Waals surface area contributed by atoms with Gasteiger partial charge in [-0.3, -0.25) is 4.79 Å². The van der Waals surface area contributed by atoms with Crippen molar-refractivity contribution in [3.8, 4) is 0 Å². The van der Waals surface area contributed by atoms with E-state index in [9.17, 15) is 4.79 Å². The van der Waals surface area contributed by atoms with Gasteiger partial charge >= 0.3 is 0 Å². The number of thiophene rings is 1. The fourth-order valence-electron chi connectivity index (χ4n) is 2.18. The van der Waals surface area contributed by atoms with Crippen LogP contribution in [0.15, 0.2) is 11.4 Å². The number of hydrogen-bond acceptors (Lipinski definition) is 5. The van der Waals surface area contributed by atoms with Crippen LogP contribution in [0.3, 0.4) is 0 Å². The highest BCUT2D eigenvalue weighted by atomic mass is 32.1. The molecule has 0 radical (unpaired) electrons. The number of aryl methyl sites for hydroxylation is 1. The van der Waals surface area contributed by atoms with Gasteiger partial charge in [0.2, 0.25) is 11.8 Å². The molecule has 3 N–H and O–H groups in total. The highest BCUT2D eigenvalue weighted by Crippen LogP contribution is 2.33. The summed E-state index contributed by atoms with van der Waals surface area (Å²) in [5.74, 6) is 0.0896. The highest BCUT2D eigenvalue weighted by Gasteiger charge is 2.27. The van der Waals surface area contributed by atoms with Crippen LogP contribution in [0.4, 0.5) is 5.95 Å². The average molecular weight is 263 g/mol. The first kappa shape index (κ1) is 11.2. The fourth-order valence-corrected chi connectivity index (χ4v) is 3.22. The van der Waals surface area contributed by atoms with Gasteiger partial charge in [0, 0.05) is 11.4 Å². The number of nitrogens with two attached hydrogens (primary N) is 1. The molecule has 3 heterocycles. The van der Waals surface area contributed by atoms with Gasteiger partial charge < -0.3 is 11.1 Å². The van der Waals surface area contributed by atoms with Gasteiger partial charge in [0.25, 0.3) is 5.91 Å². The number of carbonyl (C=O) groups excluding carboxylic acids is 1. The lowest BCUT2D eigenvalue weighted by Gasteiger charge is -2.24. The van der Waals surface area contributed by atoms with Crippen LogP contribution < -0.4 is 11.1 Å². The van der Waals surface area contributed by atoms with Gasteiger partial charge in [-0.15, -0.1) is 16.4 Å². The Bertz CT molecular complexity index is 602. The van der Waals surface area contributed by atoms with Crippen molar-refractivity contribution >= 4 is 23.2 Å². The molecule has 0 fully saturated rings. The number of nitrogens with zero attached hydrogens (tertiary/aromatic N) is 3. The summed E-state index contributed by atoms with van der Waals surface area (Å²) < 4.78 is 1.77. The van der Waals surface area contributed by atoms with Crippen LogP contribution in [0.2, 0.25) is 0 Å². The Hall–Kier alpha value is -1.89. The third kappa shape index (κ3) is 1.67. The van der Waals surface area contributed by atoms with Crippen molar-refractivity contribution in [3.63, 3.8) is 0 Å². The van der Waals surface area contributed by atoms with Crippen LogP contribution in [-0.2, 0) is 0 Å². The maximum absolute atomic E-state index is 11.1. The molecule has 0 spiro atoms. The molecule has 0 saturated carbocycles. The second-order valence-electron chi connectivity index (χ2n) is 4.27.